The number of carbonyl (C=O) groups excluding carboxylic acids is 1. The molecule has 0 radical (unpaired) electrons. The molecule has 34 heavy (non-hydrogen) atoms. The predicted octanol–water partition coefficient (Wildman–Crippen LogP) is 2.25. The van der Waals surface area contributed by atoms with Crippen molar-refractivity contribution in [1.29, 1.82) is 0 Å². The topological polar surface area (TPSA) is 125 Å². The Morgan fingerprint density at radius 3 is 2.65 bits per heavy atom. The Kier molecular flexibility index (Phi) is 6.44. The number of benzene rings is 2. The van der Waals surface area contributed by atoms with Gasteiger partial charge in [0.2, 0.25) is 17.6 Å². The molecule has 0 aliphatic rings. The standard InChI is InChI=1S/C23H21FN6O4/c1-3-14-5-4-6-16(13-14)25-18(31)11-12-19-26-21(28-34-19)20-22(32)29(2)23(33)30(27-20)17-9-7-15(24)8-10-17/h4-10,13H,3,11-12H2,1-2H3,(H,25,31). The molecule has 0 saturated heterocycles. The maximum atomic E-state index is 13.3. The van der Waals surface area contributed by atoms with Gasteiger partial charge >= 0.3 is 5.69 Å². The number of anilines is 1. The predicted molar refractivity (Wildman–Crippen MR) is 121 cm³/mol. The summed E-state index contributed by atoms with van der Waals surface area (Å²) >= 11 is 0. The second kappa shape index (κ2) is 9.61. The van der Waals surface area contributed by atoms with Crippen molar-refractivity contribution in [3.8, 4) is 17.2 Å². The molecule has 0 fully saturated rings. The Hall–Kier alpha value is -4.41. The van der Waals surface area contributed by atoms with Gasteiger partial charge in [-0.15, -0.1) is 0 Å². The van der Waals surface area contributed by atoms with Crippen LogP contribution in [0.15, 0.2) is 62.6 Å². The highest BCUT2D eigenvalue weighted by atomic mass is 19.1. The van der Waals surface area contributed by atoms with Crippen molar-refractivity contribution in [3.63, 3.8) is 0 Å². The third kappa shape index (κ3) is 4.82. The van der Waals surface area contributed by atoms with E-state index in [1.54, 1.807) is 6.07 Å². The van der Waals surface area contributed by atoms with Crippen LogP contribution >= 0.6 is 0 Å². The van der Waals surface area contributed by atoms with Crippen molar-refractivity contribution in [2.24, 2.45) is 7.05 Å². The summed E-state index contributed by atoms with van der Waals surface area (Å²) in [6.07, 6.45) is 1.08. The Morgan fingerprint density at radius 1 is 1.15 bits per heavy atom. The van der Waals surface area contributed by atoms with Crippen LogP contribution in [-0.4, -0.2) is 30.4 Å². The number of nitrogens with zero attached hydrogens (tertiary/aromatic N) is 5. The van der Waals surface area contributed by atoms with Crippen LogP contribution in [0, 0.1) is 5.82 Å². The third-order valence-electron chi connectivity index (χ3n) is 5.11. The molecule has 1 amide bonds. The van der Waals surface area contributed by atoms with Crippen LogP contribution in [0.25, 0.3) is 17.2 Å². The molecule has 10 nitrogen and oxygen atoms in total. The van der Waals surface area contributed by atoms with Crippen molar-refractivity contribution in [3.05, 3.63) is 86.6 Å². The molecule has 0 unspecified atom stereocenters. The summed E-state index contributed by atoms with van der Waals surface area (Å²) in [5.41, 5.74) is 0.414. The average molecular weight is 464 g/mol. The SMILES string of the molecule is CCc1cccc(NC(=O)CCc2nc(-c3nn(-c4ccc(F)cc4)c(=O)n(C)c3=O)no2)c1. The molecular weight excluding hydrogens is 443 g/mol. The summed E-state index contributed by atoms with van der Waals surface area (Å²) < 4.78 is 20.2. The van der Waals surface area contributed by atoms with Crippen molar-refractivity contribution in [2.75, 3.05) is 5.32 Å². The second-order valence-electron chi connectivity index (χ2n) is 7.50. The minimum atomic E-state index is -0.718. The van der Waals surface area contributed by atoms with E-state index in [1.165, 1.54) is 31.3 Å². The van der Waals surface area contributed by atoms with Crippen LogP contribution in [0.5, 0.6) is 0 Å². The summed E-state index contributed by atoms with van der Waals surface area (Å²) in [5.74, 6) is -0.697. The molecule has 2 heterocycles. The molecule has 11 heteroatoms. The molecule has 0 aliphatic heterocycles. The van der Waals surface area contributed by atoms with E-state index in [9.17, 15) is 18.8 Å². The summed E-state index contributed by atoms with van der Waals surface area (Å²) in [7, 11) is 1.29. The fourth-order valence-electron chi connectivity index (χ4n) is 3.23. The molecule has 0 spiro atoms. The highest BCUT2D eigenvalue weighted by molar-refractivity contribution is 5.90. The molecular formula is C23H21FN6O4. The number of carbonyl (C=O) groups is 1. The zero-order valence-electron chi connectivity index (χ0n) is 18.5. The normalized spacial score (nSPS) is 10.9. The van der Waals surface area contributed by atoms with Gasteiger partial charge in [0, 0.05) is 25.6 Å². The highest BCUT2D eigenvalue weighted by Crippen LogP contribution is 2.14. The number of amides is 1. The minimum Gasteiger partial charge on any atom is -0.339 e. The highest BCUT2D eigenvalue weighted by Gasteiger charge is 2.19. The van der Waals surface area contributed by atoms with Gasteiger partial charge in [0.1, 0.15) is 5.82 Å². The van der Waals surface area contributed by atoms with Gasteiger partial charge in [-0.05, 0) is 48.4 Å². The van der Waals surface area contributed by atoms with Gasteiger partial charge in [-0.3, -0.25) is 14.2 Å². The maximum absolute atomic E-state index is 13.3. The zero-order chi connectivity index (χ0) is 24.2. The first kappa shape index (κ1) is 22.8. The smallest absolute Gasteiger partial charge is 0.339 e. The van der Waals surface area contributed by atoms with E-state index in [0.29, 0.717) is 5.69 Å². The zero-order valence-corrected chi connectivity index (χ0v) is 18.5. The lowest BCUT2D eigenvalue weighted by Crippen LogP contribution is -2.40. The number of rotatable bonds is 7. The van der Waals surface area contributed by atoms with Gasteiger partial charge in [-0.2, -0.15) is 14.8 Å². The average Bonchev–Trinajstić information content (AvgIpc) is 3.31. The fourth-order valence-corrected chi connectivity index (χ4v) is 3.23. The van der Waals surface area contributed by atoms with Crippen LogP contribution in [0.2, 0.25) is 0 Å². The fraction of sp³-hybridized carbons (Fsp3) is 0.217. The summed E-state index contributed by atoms with van der Waals surface area (Å²) in [5, 5.41) is 10.7. The van der Waals surface area contributed by atoms with Crippen LogP contribution in [-0.2, 0) is 24.7 Å². The van der Waals surface area contributed by atoms with Gasteiger partial charge in [-0.25, -0.2) is 9.18 Å². The van der Waals surface area contributed by atoms with E-state index >= 15 is 0 Å². The molecule has 0 aliphatic carbocycles. The Morgan fingerprint density at radius 2 is 1.91 bits per heavy atom. The number of hydrogen-bond acceptors (Lipinski definition) is 7. The van der Waals surface area contributed by atoms with Gasteiger partial charge < -0.3 is 9.84 Å². The second-order valence-corrected chi connectivity index (χ2v) is 7.50. The first-order valence-corrected chi connectivity index (χ1v) is 10.5. The molecule has 0 atom stereocenters. The van der Waals surface area contributed by atoms with Crippen LogP contribution in [0.4, 0.5) is 10.1 Å². The summed E-state index contributed by atoms with van der Waals surface area (Å²) in [6.45, 7) is 2.03. The first-order valence-electron chi connectivity index (χ1n) is 10.5. The number of aromatic nitrogens is 5. The molecule has 4 rings (SSSR count). The molecule has 1 N–H and O–H groups in total. The van der Waals surface area contributed by atoms with Crippen LogP contribution < -0.4 is 16.6 Å². The van der Waals surface area contributed by atoms with Gasteiger partial charge in [-0.1, -0.05) is 24.2 Å². The lowest BCUT2D eigenvalue weighted by molar-refractivity contribution is -0.116. The maximum Gasteiger partial charge on any atom is 0.351 e. The number of hydrogen-bond donors (Lipinski definition) is 1. The summed E-state index contributed by atoms with van der Waals surface area (Å²) in [4.78, 5) is 41.5. The third-order valence-corrected chi connectivity index (χ3v) is 5.11. The van der Waals surface area contributed by atoms with Crippen LogP contribution in [0.3, 0.4) is 0 Å². The molecule has 0 bridgehead atoms. The van der Waals surface area contributed by atoms with Gasteiger partial charge in [0.25, 0.3) is 5.56 Å². The first-order chi connectivity index (χ1) is 16.4. The monoisotopic (exact) mass is 464 g/mol. The lowest BCUT2D eigenvalue weighted by atomic mass is 10.1. The quantitative estimate of drug-likeness (QED) is 0.445. The molecule has 2 aromatic carbocycles. The number of aryl methyl sites for hydroxylation is 2. The molecule has 2 aromatic heterocycles. The van der Waals surface area contributed by atoms with Gasteiger partial charge in [0.15, 0.2) is 5.69 Å². The Labute approximate surface area is 192 Å². The van der Waals surface area contributed by atoms with Crippen LogP contribution in [0.1, 0.15) is 24.8 Å². The molecule has 4 aromatic rings. The van der Waals surface area contributed by atoms with E-state index in [-0.39, 0.29) is 41.8 Å². The van der Waals surface area contributed by atoms with E-state index < -0.39 is 17.1 Å². The largest absolute Gasteiger partial charge is 0.351 e. The number of nitrogens with one attached hydrogen (secondary N) is 1. The Bertz CT molecular complexity index is 1460. The van der Waals surface area contributed by atoms with Gasteiger partial charge in [0.05, 0.1) is 5.69 Å². The van der Waals surface area contributed by atoms with Crippen molar-refractivity contribution in [1.82, 2.24) is 24.5 Å². The van der Waals surface area contributed by atoms with Crippen molar-refractivity contribution >= 4 is 11.6 Å². The Balaban J connectivity index is 1.52. The van der Waals surface area contributed by atoms with E-state index in [2.05, 4.69) is 20.6 Å². The van der Waals surface area contributed by atoms with E-state index in [1.807, 2.05) is 25.1 Å². The molecule has 174 valence electrons. The number of halogens is 1. The molecule has 0 saturated carbocycles. The lowest BCUT2D eigenvalue weighted by Gasteiger charge is -2.07. The van der Waals surface area contributed by atoms with E-state index in [4.69, 9.17) is 4.52 Å². The van der Waals surface area contributed by atoms with E-state index in [0.717, 1.165) is 21.2 Å². The minimum absolute atomic E-state index is 0.0818. The van der Waals surface area contributed by atoms with Crippen molar-refractivity contribution < 1.29 is 13.7 Å². The van der Waals surface area contributed by atoms with Crippen molar-refractivity contribution in [2.45, 2.75) is 26.2 Å². The summed E-state index contributed by atoms with van der Waals surface area (Å²) in [6, 6.07) is 12.6.